The summed E-state index contributed by atoms with van der Waals surface area (Å²) in [4.78, 5) is 24.1. The number of rotatable bonds is 7. The summed E-state index contributed by atoms with van der Waals surface area (Å²) in [7, 11) is 0. The molecule has 0 aliphatic rings. The van der Waals surface area contributed by atoms with Crippen molar-refractivity contribution in [1.29, 1.82) is 0 Å². The van der Waals surface area contributed by atoms with Crippen LogP contribution in [0.25, 0.3) is 0 Å². The van der Waals surface area contributed by atoms with Gasteiger partial charge in [0.2, 0.25) is 0 Å². The van der Waals surface area contributed by atoms with Crippen molar-refractivity contribution in [2.45, 2.75) is 26.0 Å². The minimum Gasteiger partial charge on any atom is -0.392 e. The Labute approximate surface area is 170 Å². The summed E-state index contributed by atoms with van der Waals surface area (Å²) in [5.41, 5.74) is 8.56. The molecule has 0 aliphatic carbocycles. The molecule has 0 aromatic heterocycles. The number of aliphatic hydroxyl groups is 2. The van der Waals surface area contributed by atoms with Gasteiger partial charge in [-0.2, -0.15) is 0 Å². The molecular weight excluding hydrogens is 366 g/mol. The van der Waals surface area contributed by atoms with Crippen LogP contribution >= 0.6 is 0 Å². The maximum atomic E-state index is 12.4. The van der Waals surface area contributed by atoms with Crippen molar-refractivity contribution in [3.63, 3.8) is 0 Å². The lowest BCUT2D eigenvalue weighted by Gasteiger charge is -2.17. The molecule has 0 saturated heterocycles. The van der Waals surface area contributed by atoms with E-state index in [1.54, 1.807) is 43.3 Å². The molecule has 148 valence electrons. The molecule has 2 atom stereocenters. The second-order valence-corrected chi connectivity index (χ2v) is 6.65. The lowest BCUT2D eigenvalue weighted by atomic mass is 9.89. The molecule has 0 fully saturated rings. The second-order valence-electron chi connectivity index (χ2n) is 6.65. The van der Waals surface area contributed by atoms with Gasteiger partial charge in [0.05, 0.1) is 6.61 Å². The number of hydrogen-bond acceptors (Lipinski definition) is 5. The zero-order valence-electron chi connectivity index (χ0n) is 16.2. The first-order valence-corrected chi connectivity index (χ1v) is 9.19. The number of carbonyl (C=O) groups excluding carboxylic acids is 2. The summed E-state index contributed by atoms with van der Waals surface area (Å²) in [6.07, 6.45) is -0.0391. The van der Waals surface area contributed by atoms with Crippen molar-refractivity contribution < 1.29 is 19.8 Å². The Morgan fingerprint density at radius 3 is 1.90 bits per heavy atom. The molecule has 4 N–H and O–H groups in total. The maximum Gasteiger partial charge on any atom is 0.163 e. The van der Waals surface area contributed by atoms with Gasteiger partial charge in [0.25, 0.3) is 0 Å². The van der Waals surface area contributed by atoms with E-state index in [9.17, 15) is 9.59 Å². The van der Waals surface area contributed by atoms with Crippen molar-refractivity contribution in [2.24, 2.45) is 11.7 Å². The van der Waals surface area contributed by atoms with Crippen LogP contribution in [0.5, 0.6) is 0 Å². The predicted octanol–water partition coefficient (Wildman–Crippen LogP) is 1.68. The van der Waals surface area contributed by atoms with E-state index in [0.717, 1.165) is 11.1 Å². The Morgan fingerprint density at radius 1 is 0.931 bits per heavy atom. The van der Waals surface area contributed by atoms with Crippen LogP contribution in [-0.4, -0.2) is 34.4 Å². The Hall–Kier alpha value is -3.22. The molecule has 5 nitrogen and oxygen atoms in total. The zero-order chi connectivity index (χ0) is 21.2. The van der Waals surface area contributed by atoms with Gasteiger partial charge in [0.15, 0.2) is 11.6 Å². The summed E-state index contributed by atoms with van der Waals surface area (Å²) in [5, 5.41) is 18.0. The molecule has 0 heterocycles. The first-order valence-electron chi connectivity index (χ1n) is 9.19. The third-order valence-electron chi connectivity index (χ3n) is 4.43. The van der Waals surface area contributed by atoms with Crippen LogP contribution in [0.2, 0.25) is 0 Å². The molecule has 0 bridgehead atoms. The van der Waals surface area contributed by atoms with E-state index in [0.29, 0.717) is 11.1 Å². The lowest BCUT2D eigenvalue weighted by molar-refractivity contribution is -0.126. The standard InChI is InChI=1S/C24H23NO4/c1-17(25)22(24(29)16-27)14-23(28)21-12-10-19(11-13-21)5-3-2-4-18-6-8-20(15-26)9-7-18/h6-13,17,22,26-27H,14-16,25H2,1H3/t17-,22+/m1/s1. The Morgan fingerprint density at radius 2 is 1.45 bits per heavy atom. The first-order chi connectivity index (χ1) is 13.9. The number of carbonyl (C=O) groups is 2. The quantitative estimate of drug-likeness (QED) is 0.494. The molecule has 2 rings (SSSR count). The van der Waals surface area contributed by atoms with Crippen LogP contribution in [0, 0.1) is 29.6 Å². The average molecular weight is 389 g/mol. The van der Waals surface area contributed by atoms with Crippen LogP contribution in [0.15, 0.2) is 48.5 Å². The number of hydrogen-bond donors (Lipinski definition) is 3. The van der Waals surface area contributed by atoms with E-state index < -0.39 is 24.3 Å². The minimum absolute atomic E-state index is 0.00431. The Balaban J connectivity index is 2.02. The summed E-state index contributed by atoms with van der Waals surface area (Å²) in [6, 6.07) is 13.5. The van der Waals surface area contributed by atoms with Gasteiger partial charge in [-0.15, -0.1) is 0 Å². The molecule has 0 spiro atoms. The van der Waals surface area contributed by atoms with Crippen molar-refractivity contribution in [1.82, 2.24) is 0 Å². The van der Waals surface area contributed by atoms with E-state index in [2.05, 4.69) is 23.7 Å². The molecular formula is C24H23NO4. The minimum atomic E-state index is -0.700. The number of ketones is 2. The van der Waals surface area contributed by atoms with Crippen molar-refractivity contribution in [3.05, 3.63) is 70.8 Å². The summed E-state index contributed by atoms with van der Waals surface area (Å²) in [6.45, 7) is 1.02. The van der Waals surface area contributed by atoms with E-state index in [1.807, 2.05) is 12.1 Å². The number of Topliss-reactive ketones (excluding diaryl/α,β-unsaturated/α-hetero) is 2. The number of nitrogens with two attached hydrogens (primary N) is 1. The van der Waals surface area contributed by atoms with Crippen LogP contribution in [0.1, 0.15) is 40.4 Å². The smallest absolute Gasteiger partial charge is 0.163 e. The van der Waals surface area contributed by atoms with E-state index in [1.165, 1.54) is 0 Å². The SMILES string of the molecule is C[C@@H](N)[C@H](CC(=O)c1ccc(C#CC#Cc2ccc(CO)cc2)cc1)C(=O)CO. The van der Waals surface area contributed by atoms with Crippen LogP contribution in [0.3, 0.4) is 0 Å². The van der Waals surface area contributed by atoms with Gasteiger partial charge in [0, 0.05) is 35.1 Å². The maximum absolute atomic E-state index is 12.4. The fourth-order valence-electron chi connectivity index (χ4n) is 2.67. The summed E-state index contributed by atoms with van der Waals surface area (Å²) >= 11 is 0. The van der Waals surface area contributed by atoms with Gasteiger partial charge in [-0.3, -0.25) is 9.59 Å². The van der Waals surface area contributed by atoms with Gasteiger partial charge in [0.1, 0.15) is 6.61 Å². The highest BCUT2D eigenvalue weighted by Crippen LogP contribution is 2.15. The zero-order valence-corrected chi connectivity index (χ0v) is 16.2. The molecule has 2 aromatic carbocycles. The predicted molar refractivity (Wildman–Crippen MR) is 111 cm³/mol. The fourth-order valence-corrected chi connectivity index (χ4v) is 2.67. The van der Waals surface area contributed by atoms with Crippen LogP contribution in [-0.2, 0) is 11.4 Å². The topological polar surface area (TPSA) is 101 Å². The fraction of sp³-hybridized carbons (Fsp3) is 0.250. The third-order valence-corrected chi connectivity index (χ3v) is 4.43. The van der Waals surface area contributed by atoms with E-state index in [-0.39, 0.29) is 18.8 Å². The average Bonchev–Trinajstić information content (AvgIpc) is 2.75. The molecule has 0 saturated carbocycles. The van der Waals surface area contributed by atoms with Crippen LogP contribution < -0.4 is 5.73 Å². The number of aliphatic hydroxyl groups excluding tert-OH is 2. The molecule has 0 aliphatic heterocycles. The number of benzene rings is 2. The molecule has 29 heavy (non-hydrogen) atoms. The highest BCUT2D eigenvalue weighted by atomic mass is 16.3. The van der Waals surface area contributed by atoms with E-state index >= 15 is 0 Å². The van der Waals surface area contributed by atoms with Gasteiger partial charge < -0.3 is 15.9 Å². The van der Waals surface area contributed by atoms with Gasteiger partial charge >= 0.3 is 0 Å². The van der Waals surface area contributed by atoms with Gasteiger partial charge in [-0.1, -0.05) is 36.1 Å². The van der Waals surface area contributed by atoms with E-state index in [4.69, 9.17) is 15.9 Å². The first kappa shape index (κ1) is 22.1. The lowest BCUT2D eigenvalue weighted by Crippen LogP contribution is -2.36. The molecule has 0 amide bonds. The normalized spacial score (nSPS) is 12.0. The highest BCUT2D eigenvalue weighted by molar-refractivity contribution is 5.99. The molecule has 0 radical (unpaired) electrons. The largest absolute Gasteiger partial charge is 0.392 e. The molecule has 2 aromatic rings. The monoisotopic (exact) mass is 389 g/mol. The van der Waals surface area contributed by atoms with Gasteiger partial charge in [-0.05, 0) is 48.6 Å². The second kappa shape index (κ2) is 10.9. The highest BCUT2D eigenvalue weighted by Gasteiger charge is 2.25. The molecule has 0 unspecified atom stereocenters. The van der Waals surface area contributed by atoms with Crippen molar-refractivity contribution in [2.75, 3.05) is 6.61 Å². The van der Waals surface area contributed by atoms with Crippen molar-refractivity contribution in [3.8, 4) is 23.7 Å². The van der Waals surface area contributed by atoms with Crippen LogP contribution in [0.4, 0.5) is 0 Å². The van der Waals surface area contributed by atoms with Crippen molar-refractivity contribution >= 4 is 11.6 Å². The summed E-state index contributed by atoms with van der Waals surface area (Å²) in [5.74, 6) is 10.0. The molecule has 5 heteroatoms. The Kier molecular flexibility index (Phi) is 8.33. The third kappa shape index (κ3) is 6.71. The Bertz CT molecular complexity index is 968. The van der Waals surface area contributed by atoms with Gasteiger partial charge in [-0.25, -0.2) is 0 Å². The summed E-state index contributed by atoms with van der Waals surface area (Å²) < 4.78 is 0.